The van der Waals surface area contributed by atoms with E-state index in [1.165, 1.54) is 25.6 Å². The van der Waals surface area contributed by atoms with E-state index in [0.717, 1.165) is 12.8 Å². The van der Waals surface area contributed by atoms with Crippen LogP contribution in [0, 0.1) is 11.8 Å². The van der Waals surface area contributed by atoms with Gasteiger partial charge in [0.15, 0.2) is 0 Å². The first-order valence-corrected chi connectivity index (χ1v) is 8.80. The summed E-state index contributed by atoms with van der Waals surface area (Å²) in [5, 5.41) is 0. The summed E-state index contributed by atoms with van der Waals surface area (Å²) in [4.78, 5) is 0.172. The molecule has 1 aromatic rings. The van der Waals surface area contributed by atoms with Crippen LogP contribution >= 0.6 is 0 Å². The normalized spacial score (nSPS) is 26.5. The number of hydrogen-bond acceptors (Lipinski definition) is 4. The van der Waals surface area contributed by atoms with Crippen LogP contribution in [0.25, 0.3) is 0 Å². The number of nitrogens with two attached hydrogens (primary N) is 1. The summed E-state index contributed by atoms with van der Waals surface area (Å²) < 4.78 is 32.0. The molecule has 1 fully saturated rings. The van der Waals surface area contributed by atoms with Crippen molar-refractivity contribution in [2.45, 2.75) is 44.1 Å². The average Bonchev–Trinajstić information content (AvgIpc) is 2.40. The Morgan fingerprint density at radius 2 is 1.81 bits per heavy atom. The molecule has 118 valence electrons. The van der Waals surface area contributed by atoms with Gasteiger partial charge >= 0.3 is 0 Å². The van der Waals surface area contributed by atoms with Crippen LogP contribution in [0.2, 0.25) is 0 Å². The lowest BCUT2D eigenvalue weighted by Crippen LogP contribution is -2.29. The number of sulfonamides is 1. The fourth-order valence-electron chi connectivity index (χ4n) is 3.05. The minimum absolute atomic E-state index is 0.0959. The molecule has 3 N–H and O–H groups in total. The Hall–Kier alpha value is -1.27. The van der Waals surface area contributed by atoms with Crippen LogP contribution in [0.4, 0.5) is 5.69 Å². The van der Waals surface area contributed by atoms with Crippen LogP contribution in [0.5, 0.6) is 5.75 Å². The Kier molecular flexibility index (Phi) is 4.78. The molecule has 2 atom stereocenters. The molecular weight excluding hydrogens is 288 g/mol. The van der Waals surface area contributed by atoms with Gasteiger partial charge < -0.3 is 10.5 Å². The third kappa shape index (κ3) is 3.89. The molecule has 1 aromatic carbocycles. The largest absolute Gasteiger partial charge is 0.488 e. The van der Waals surface area contributed by atoms with E-state index >= 15 is 0 Å². The Balaban J connectivity index is 2.21. The number of nitrogens with one attached hydrogen (secondary N) is 1. The van der Waals surface area contributed by atoms with Crippen molar-refractivity contribution in [1.82, 2.24) is 4.72 Å². The minimum Gasteiger partial charge on any atom is -0.488 e. The van der Waals surface area contributed by atoms with Gasteiger partial charge in [-0.25, -0.2) is 13.1 Å². The zero-order valence-electron chi connectivity index (χ0n) is 12.8. The maximum absolute atomic E-state index is 11.9. The fraction of sp³-hybridized carbons (Fsp3) is 0.600. The minimum atomic E-state index is -3.49. The van der Waals surface area contributed by atoms with Crippen molar-refractivity contribution < 1.29 is 13.2 Å². The van der Waals surface area contributed by atoms with Crippen molar-refractivity contribution in [1.29, 1.82) is 0 Å². The number of hydrogen-bond donors (Lipinski definition) is 2. The summed E-state index contributed by atoms with van der Waals surface area (Å²) in [7, 11) is -2.10. The van der Waals surface area contributed by atoms with E-state index in [1.807, 2.05) is 0 Å². The van der Waals surface area contributed by atoms with Gasteiger partial charge in [0, 0.05) is 6.07 Å². The van der Waals surface area contributed by atoms with Crippen molar-refractivity contribution in [2.75, 3.05) is 12.8 Å². The highest BCUT2D eigenvalue weighted by atomic mass is 32.2. The number of nitrogen functional groups attached to an aromatic ring is 1. The molecule has 0 radical (unpaired) electrons. The molecular formula is C15H24N2O3S. The van der Waals surface area contributed by atoms with Crippen molar-refractivity contribution in [3.63, 3.8) is 0 Å². The van der Waals surface area contributed by atoms with Crippen LogP contribution in [0.15, 0.2) is 23.1 Å². The lowest BCUT2D eigenvalue weighted by Gasteiger charge is -2.32. The van der Waals surface area contributed by atoms with Crippen LogP contribution < -0.4 is 15.2 Å². The van der Waals surface area contributed by atoms with E-state index in [4.69, 9.17) is 10.5 Å². The Morgan fingerprint density at radius 3 is 2.38 bits per heavy atom. The van der Waals surface area contributed by atoms with Gasteiger partial charge in [0.1, 0.15) is 5.75 Å². The summed E-state index contributed by atoms with van der Waals surface area (Å²) in [6, 6.07) is 4.57. The Bertz CT molecular complexity index is 591. The second-order valence-corrected chi connectivity index (χ2v) is 7.95. The third-order valence-corrected chi connectivity index (χ3v) is 5.40. The molecule has 2 unspecified atom stereocenters. The fourth-order valence-corrected chi connectivity index (χ4v) is 3.80. The SMILES string of the molecule is CNS(=O)(=O)c1ccc(N)c(OC2CC(C)CC(C)C2)c1. The van der Waals surface area contributed by atoms with Crippen LogP contribution in [0.1, 0.15) is 33.1 Å². The maximum atomic E-state index is 11.9. The smallest absolute Gasteiger partial charge is 0.240 e. The molecule has 0 aliphatic heterocycles. The molecule has 0 aromatic heterocycles. The highest BCUT2D eigenvalue weighted by Crippen LogP contribution is 2.33. The van der Waals surface area contributed by atoms with Crippen LogP contribution in [-0.2, 0) is 10.0 Å². The summed E-state index contributed by atoms with van der Waals surface area (Å²) in [6.45, 7) is 4.44. The van der Waals surface area contributed by atoms with Crippen molar-refractivity contribution in [3.05, 3.63) is 18.2 Å². The number of rotatable bonds is 4. The van der Waals surface area contributed by atoms with Crippen molar-refractivity contribution in [3.8, 4) is 5.75 Å². The highest BCUT2D eigenvalue weighted by Gasteiger charge is 2.26. The summed E-state index contributed by atoms with van der Waals surface area (Å²) in [5.41, 5.74) is 6.39. The molecule has 6 heteroatoms. The van der Waals surface area contributed by atoms with Gasteiger partial charge in [-0.2, -0.15) is 0 Å². The molecule has 21 heavy (non-hydrogen) atoms. The quantitative estimate of drug-likeness (QED) is 0.836. The van der Waals surface area contributed by atoms with E-state index in [9.17, 15) is 8.42 Å². The molecule has 1 aliphatic carbocycles. The van der Waals surface area contributed by atoms with E-state index in [1.54, 1.807) is 6.07 Å². The van der Waals surface area contributed by atoms with Gasteiger partial charge in [-0.05, 0) is 50.3 Å². The zero-order valence-corrected chi connectivity index (χ0v) is 13.6. The summed E-state index contributed by atoms with van der Waals surface area (Å²) in [5.74, 6) is 1.69. The van der Waals surface area contributed by atoms with E-state index in [2.05, 4.69) is 18.6 Å². The van der Waals surface area contributed by atoms with Gasteiger partial charge in [0.25, 0.3) is 0 Å². The molecule has 1 aliphatic rings. The summed E-state index contributed by atoms with van der Waals surface area (Å²) >= 11 is 0. The molecule has 0 bridgehead atoms. The van der Waals surface area contributed by atoms with E-state index in [0.29, 0.717) is 23.3 Å². The lowest BCUT2D eigenvalue weighted by atomic mass is 9.82. The van der Waals surface area contributed by atoms with Crippen molar-refractivity contribution in [2.24, 2.45) is 11.8 Å². The molecule has 0 spiro atoms. The Morgan fingerprint density at radius 1 is 1.19 bits per heavy atom. The molecule has 0 saturated heterocycles. The van der Waals surface area contributed by atoms with Gasteiger partial charge in [-0.3, -0.25) is 0 Å². The Labute approximate surface area is 126 Å². The van der Waals surface area contributed by atoms with Crippen molar-refractivity contribution >= 4 is 15.7 Å². The topological polar surface area (TPSA) is 81.4 Å². The first-order valence-electron chi connectivity index (χ1n) is 7.31. The van der Waals surface area contributed by atoms with E-state index in [-0.39, 0.29) is 11.0 Å². The first kappa shape index (κ1) is 16.1. The predicted octanol–water partition coefficient (Wildman–Crippen LogP) is 2.38. The second kappa shape index (κ2) is 6.23. The average molecular weight is 312 g/mol. The first-order chi connectivity index (χ1) is 9.81. The molecule has 5 nitrogen and oxygen atoms in total. The predicted molar refractivity (Wildman–Crippen MR) is 83.7 cm³/mol. The lowest BCUT2D eigenvalue weighted by molar-refractivity contribution is 0.101. The number of ether oxygens (including phenoxy) is 1. The van der Waals surface area contributed by atoms with Gasteiger partial charge in [-0.1, -0.05) is 13.8 Å². The summed E-state index contributed by atoms with van der Waals surface area (Å²) in [6.07, 6.45) is 3.27. The molecule has 2 rings (SSSR count). The molecule has 0 heterocycles. The van der Waals surface area contributed by atoms with Gasteiger partial charge in [0.05, 0.1) is 16.7 Å². The van der Waals surface area contributed by atoms with E-state index < -0.39 is 10.0 Å². The number of anilines is 1. The number of benzene rings is 1. The third-order valence-electron chi connectivity index (χ3n) is 3.99. The van der Waals surface area contributed by atoms with Gasteiger partial charge in [-0.15, -0.1) is 0 Å². The van der Waals surface area contributed by atoms with Crippen LogP contribution in [-0.4, -0.2) is 21.6 Å². The van der Waals surface area contributed by atoms with Crippen LogP contribution in [0.3, 0.4) is 0 Å². The zero-order chi connectivity index (χ0) is 15.6. The monoisotopic (exact) mass is 312 g/mol. The molecule has 1 saturated carbocycles. The highest BCUT2D eigenvalue weighted by molar-refractivity contribution is 7.89. The maximum Gasteiger partial charge on any atom is 0.240 e. The second-order valence-electron chi connectivity index (χ2n) is 6.06. The van der Waals surface area contributed by atoms with Gasteiger partial charge in [0.2, 0.25) is 10.0 Å². The standard InChI is InChI=1S/C15H24N2O3S/c1-10-6-11(2)8-12(7-10)20-15-9-13(4-5-14(15)16)21(18,19)17-3/h4-5,9-12,17H,6-8,16H2,1-3H3. The molecule has 0 amide bonds.